The normalized spacial score (nSPS) is 27.7. The summed E-state index contributed by atoms with van der Waals surface area (Å²) < 4.78 is 0. The number of likely N-dealkylation sites (tertiary alicyclic amines) is 2. The van der Waals surface area contributed by atoms with Gasteiger partial charge in [0, 0.05) is 30.6 Å². The number of nitrogens with zero attached hydrogens (tertiary/aromatic N) is 2. The fourth-order valence-electron chi connectivity index (χ4n) is 3.97. The Kier molecular flexibility index (Phi) is 6.40. The summed E-state index contributed by atoms with van der Waals surface area (Å²) in [6.45, 7) is 5.22. The molecule has 0 aromatic heterocycles. The third kappa shape index (κ3) is 4.72. The minimum atomic E-state index is -0.202. The van der Waals surface area contributed by atoms with Gasteiger partial charge in [-0.3, -0.25) is 9.80 Å². The first-order valence-electron chi connectivity index (χ1n) is 9.03. The van der Waals surface area contributed by atoms with E-state index in [0.717, 1.165) is 26.1 Å². The third-order valence-electron chi connectivity index (χ3n) is 5.31. The molecule has 2 aliphatic rings. The molecular formula is C19H30N2OS. The maximum absolute atomic E-state index is 10.7. The highest BCUT2D eigenvalue weighted by molar-refractivity contribution is 7.98. The van der Waals surface area contributed by atoms with Crippen molar-refractivity contribution in [2.45, 2.75) is 55.7 Å². The number of aliphatic hydroxyl groups excluding tert-OH is 1. The van der Waals surface area contributed by atoms with Gasteiger partial charge in [-0.05, 0) is 56.3 Å². The van der Waals surface area contributed by atoms with E-state index >= 15 is 0 Å². The van der Waals surface area contributed by atoms with Crippen LogP contribution in [0.25, 0.3) is 0 Å². The molecule has 3 nitrogen and oxygen atoms in total. The predicted octanol–water partition coefficient (Wildman–Crippen LogP) is 3.22. The fourth-order valence-corrected chi connectivity index (χ4v) is 4.38. The fraction of sp³-hybridized carbons (Fsp3) is 0.684. The van der Waals surface area contributed by atoms with E-state index in [1.54, 1.807) is 11.8 Å². The van der Waals surface area contributed by atoms with E-state index in [0.29, 0.717) is 6.04 Å². The van der Waals surface area contributed by atoms with E-state index in [4.69, 9.17) is 0 Å². The van der Waals surface area contributed by atoms with Gasteiger partial charge in [-0.15, -0.1) is 11.8 Å². The standard InChI is InChI=1S/C19H30N2OS/c1-23-17-8-6-16(7-9-17)14-20-13-10-18(19(22)15-20)21-11-4-2-3-5-12-21/h6-9,18-19,22H,2-5,10-15H2,1H3/t18-,19-/m1/s1. The molecule has 0 radical (unpaired) electrons. The van der Waals surface area contributed by atoms with Gasteiger partial charge in [-0.25, -0.2) is 0 Å². The van der Waals surface area contributed by atoms with Crippen molar-refractivity contribution in [3.8, 4) is 0 Å². The van der Waals surface area contributed by atoms with Crippen LogP contribution < -0.4 is 0 Å². The smallest absolute Gasteiger partial charge is 0.0822 e. The molecule has 1 N–H and O–H groups in total. The molecule has 0 bridgehead atoms. The molecule has 128 valence electrons. The van der Waals surface area contributed by atoms with Crippen LogP contribution in [0, 0.1) is 0 Å². The van der Waals surface area contributed by atoms with Crippen LogP contribution in [-0.4, -0.2) is 59.5 Å². The lowest BCUT2D eigenvalue weighted by atomic mass is 9.99. The van der Waals surface area contributed by atoms with Crippen molar-refractivity contribution in [2.75, 3.05) is 32.4 Å². The first kappa shape index (κ1) is 17.3. The number of hydrogen-bond acceptors (Lipinski definition) is 4. The molecule has 2 fully saturated rings. The van der Waals surface area contributed by atoms with Crippen LogP contribution in [-0.2, 0) is 6.54 Å². The van der Waals surface area contributed by atoms with Gasteiger partial charge in [0.1, 0.15) is 0 Å². The van der Waals surface area contributed by atoms with Crippen LogP contribution in [0.15, 0.2) is 29.2 Å². The molecule has 0 saturated carbocycles. The Morgan fingerprint density at radius 3 is 2.35 bits per heavy atom. The molecule has 2 aliphatic heterocycles. The zero-order valence-electron chi connectivity index (χ0n) is 14.3. The molecule has 1 aromatic carbocycles. The first-order chi connectivity index (χ1) is 11.3. The number of aliphatic hydroxyl groups is 1. The zero-order chi connectivity index (χ0) is 16.1. The number of thioether (sulfide) groups is 1. The van der Waals surface area contributed by atoms with Gasteiger partial charge in [0.15, 0.2) is 0 Å². The highest BCUT2D eigenvalue weighted by atomic mass is 32.2. The van der Waals surface area contributed by atoms with Gasteiger partial charge in [0.25, 0.3) is 0 Å². The second-order valence-corrected chi connectivity index (χ2v) is 7.84. The lowest BCUT2D eigenvalue weighted by molar-refractivity contribution is -0.0144. The van der Waals surface area contributed by atoms with Crippen LogP contribution in [0.3, 0.4) is 0 Å². The molecule has 3 rings (SSSR count). The van der Waals surface area contributed by atoms with Crippen molar-refractivity contribution in [2.24, 2.45) is 0 Å². The monoisotopic (exact) mass is 334 g/mol. The molecule has 1 aromatic rings. The number of rotatable bonds is 4. The van der Waals surface area contributed by atoms with Gasteiger partial charge >= 0.3 is 0 Å². The second-order valence-electron chi connectivity index (χ2n) is 6.96. The summed E-state index contributed by atoms with van der Waals surface area (Å²) in [5.74, 6) is 0. The number of benzene rings is 1. The van der Waals surface area contributed by atoms with Crippen molar-refractivity contribution in [3.63, 3.8) is 0 Å². The zero-order valence-corrected chi connectivity index (χ0v) is 15.1. The molecule has 0 amide bonds. The van der Waals surface area contributed by atoms with E-state index in [9.17, 15) is 5.11 Å². The van der Waals surface area contributed by atoms with E-state index in [2.05, 4.69) is 40.3 Å². The van der Waals surface area contributed by atoms with Crippen LogP contribution >= 0.6 is 11.8 Å². The van der Waals surface area contributed by atoms with Crippen molar-refractivity contribution in [3.05, 3.63) is 29.8 Å². The Balaban J connectivity index is 1.53. The topological polar surface area (TPSA) is 26.7 Å². The second kappa shape index (κ2) is 8.52. The molecule has 4 heteroatoms. The Hall–Kier alpha value is -0.550. The lowest BCUT2D eigenvalue weighted by Gasteiger charge is -2.41. The highest BCUT2D eigenvalue weighted by Crippen LogP contribution is 2.23. The summed E-state index contributed by atoms with van der Waals surface area (Å²) >= 11 is 1.78. The average Bonchev–Trinajstić information content (AvgIpc) is 2.85. The van der Waals surface area contributed by atoms with Gasteiger partial charge in [0.05, 0.1) is 6.10 Å². The third-order valence-corrected chi connectivity index (χ3v) is 6.05. The van der Waals surface area contributed by atoms with Crippen molar-refractivity contribution in [1.82, 2.24) is 9.80 Å². The molecule has 2 atom stereocenters. The first-order valence-corrected chi connectivity index (χ1v) is 10.3. The summed E-state index contributed by atoms with van der Waals surface area (Å²) in [5.41, 5.74) is 1.35. The van der Waals surface area contributed by atoms with E-state index in [1.165, 1.54) is 49.2 Å². The predicted molar refractivity (Wildman–Crippen MR) is 98.0 cm³/mol. The number of β-amino-alcohol motifs (C(OH)–C–C–N with tert-alkyl or cyclic N) is 1. The van der Waals surface area contributed by atoms with Gasteiger partial charge in [0.2, 0.25) is 0 Å². The van der Waals surface area contributed by atoms with Gasteiger partial charge < -0.3 is 5.11 Å². The molecule has 0 unspecified atom stereocenters. The number of piperidine rings is 1. The maximum Gasteiger partial charge on any atom is 0.0822 e. The van der Waals surface area contributed by atoms with Crippen molar-refractivity contribution < 1.29 is 5.11 Å². The van der Waals surface area contributed by atoms with Crippen LogP contribution in [0.4, 0.5) is 0 Å². The molecular weight excluding hydrogens is 304 g/mol. The summed E-state index contributed by atoms with van der Waals surface area (Å²) in [6, 6.07) is 9.21. The summed E-state index contributed by atoms with van der Waals surface area (Å²) in [5, 5.41) is 10.7. The van der Waals surface area contributed by atoms with Gasteiger partial charge in [-0.2, -0.15) is 0 Å². The van der Waals surface area contributed by atoms with Gasteiger partial charge in [-0.1, -0.05) is 25.0 Å². The van der Waals surface area contributed by atoms with Crippen molar-refractivity contribution in [1.29, 1.82) is 0 Å². The van der Waals surface area contributed by atoms with Crippen LogP contribution in [0.2, 0.25) is 0 Å². The lowest BCUT2D eigenvalue weighted by Crippen LogP contribution is -2.54. The van der Waals surface area contributed by atoms with E-state index in [1.807, 2.05) is 0 Å². The average molecular weight is 335 g/mol. The Morgan fingerprint density at radius 2 is 1.74 bits per heavy atom. The Labute approximate surface area is 145 Å². The summed E-state index contributed by atoms with van der Waals surface area (Å²) in [7, 11) is 0. The van der Waals surface area contributed by atoms with Crippen LogP contribution in [0.5, 0.6) is 0 Å². The Morgan fingerprint density at radius 1 is 1.04 bits per heavy atom. The van der Waals surface area contributed by atoms with E-state index < -0.39 is 0 Å². The largest absolute Gasteiger partial charge is 0.390 e. The minimum absolute atomic E-state index is 0.202. The quantitative estimate of drug-likeness (QED) is 0.855. The summed E-state index contributed by atoms with van der Waals surface area (Å²) in [4.78, 5) is 6.28. The van der Waals surface area contributed by atoms with Crippen molar-refractivity contribution >= 4 is 11.8 Å². The minimum Gasteiger partial charge on any atom is -0.390 e. The molecule has 0 spiro atoms. The Bertz CT molecular complexity index is 471. The molecule has 23 heavy (non-hydrogen) atoms. The summed E-state index contributed by atoms with van der Waals surface area (Å²) in [6.07, 6.45) is 8.33. The van der Waals surface area contributed by atoms with E-state index in [-0.39, 0.29) is 6.10 Å². The SMILES string of the molecule is CSc1ccc(CN2CC[C@@H](N3CCCCCC3)[C@H](O)C2)cc1. The van der Waals surface area contributed by atoms with Crippen LogP contribution in [0.1, 0.15) is 37.7 Å². The number of hydrogen-bond donors (Lipinski definition) is 1. The molecule has 2 heterocycles. The highest BCUT2D eigenvalue weighted by Gasteiger charge is 2.32. The maximum atomic E-state index is 10.7. The molecule has 0 aliphatic carbocycles. The molecule has 2 saturated heterocycles.